The smallest absolute Gasteiger partial charge is 0.332 e. The molecule has 1 N–H and O–H groups in total. The first kappa shape index (κ1) is 21.3. The van der Waals surface area contributed by atoms with Crippen LogP contribution in [0.2, 0.25) is 0 Å². The number of methoxy groups -OCH3 is 1. The molecular weight excluding hydrogens is 411 g/mol. The van der Waals surface area contributed by atoms with E-state index in [4.69, 9.17) is 9.84 Å². The fourth-order valence-corrected chi connectivity index (χ4v) is 5.44. The van der Waals surface area contributed by atoms with E-state index in [0.29, 0.717) is 6.42 Å². The first-order valence-electron chi connectivity index (χ1n) is 9.70. The summed E-state index contributed by atoms with van der Waals surface area (Å²) in [6.07, 6.45) is 4.40. The lowest BCUT2D eigenvalue weighted by Gasteiger charge is -2.42. The van der Waals surface area contributed by atoms with Crippen molar-refractivity contribution in [1.82, 2.24) is 13.8 Å². The van der Waals surface area contributed by atoms with Crippen molar-refractivity contribution in [3.63, 3.8) is 0 Å². The summed E-state index contributed by atoms with van der Waals surface area (Å²) < 4.78 is 53.3. The van der Waals surface area contributed by atoms with Gasteiger partial charge in [-0.25, -0.2) is 4.39 Å². The maximum atomic E-state index is 13.6. The Hall–Kier alpha value is -1.95. The monoisotopic (exact) mass is 437 g/mol. The van der Waals surface area contributed by atoms with Crippen molar-refractivity contribution < 1.29 is 22.1 Å². The molecule has 1 fully saturated rings. The lowest BCUT2D eigenvalue weighted by atomic mass is 9.77. The number of ether oxygens (including phenoxy) is 1. The minimum atomic E-state index is -4.25. The fourth-order valence-electron chi connectivity index (χ4n) is 4.77. The highest BCUT2D eigenvalue weighted by molar-refractivity contribution is 7.83. The van der Waals surface area contributed by atoms with Crippen LogP contribution in [0.3, 0.4) is 0 Å². The second kappa shape index (κ2) is 7.63. The molecule has 162 valence electrons. The molecule has 8 nitrogen and oxygen atoms in total. The average Bonchev–Trinajstić information content (AvgIpc) is 3.04. The standard InChI is InChI=1S/C20H25FN4O4S/c1-23(2)20-17-11-22-25(13-29-3,16-6-4-15(21)5-7-16)19(17)10-14-8-9-24(12-18(14)20)30(26,27)28/h4-7,10-11,18,20H,8-9,12-13H2,1-3H3/p+1. The summed E-state index contributed by atoms with van der Waals surface area (Å²) in [6.45, 7) is 0.678. The summed E-state index contributed by atoms with van der Waals surface area (Å²) in [7, 11) is 1.24. The van der Waals surface area contributed by atoms with E-state index in [1.807, 2.05) is 25.2 Å². The zero-order valence-corrected chi connectivity index (χ0v) is 18.0. The number of fused-ring (bicyclic) bond motifs is 1. The number of nitrogens with zero attached hydrogens (tertiary/aromatic N) is 4. The number of benzene rings is 1. The van der Waals surface area contributed by atoms with Crippen LogP contribution in [0.1, 0.15) is 6.42 Å². The van der Waals surface area contributed by atoms with E-state index in [1.54, 1.807) is 19.2 Å². The largest absolute Gasteiger partial charge is 0.335 e. The van der Waals surface area contributed by atoms with Gasteiger partial charge in [-0.15, -0.1) is 4.59 Å². The molecule has 2 heterocycles. The lowest BCUT2D eigenvalue weighted by Crippen LogP contribution is -2.52. The Kier molecular flexibility index (Phi) is 5.41. The molecule has 0 aromatic heterocycles. The summed E-state index contributed by atoms with van der Waals surface area (Å²) >= 11 is 0. The number of allylic oxidation sites excluding steroid dienone is 1. The number of halogens is 1. The van der Waals surface area contributed by atoms with E-state index in [9.17, 15) is 17.4 Å². The highest BCUT2D eigenvalue weighted by Gasteiger charge is 2.50. The highest BCUT2D eigenvalue weighted by atomic mass is 32.2. The molecule has 3 atom stereocenters. The second-order valence-corrected chi connectivity index (χ2v) is 9.48. The van der Waals surface area contributed by atoms with Crippen molar-refractivity contribution in [2.45, 2.75) is 12.5 Å². The predicted molar refractivity (Wildman–Crippen MR) is 112 cm³/mol. The average molecular weight is 438 g/mol. The summed E-state index contributed by atoms with van der Waals surface area (Å²) in [4.78, 5) is 2.05. The van der Waals surface area contributed by atoms with Crippen LogP contribution in [0.15, 0.2) is 52.3 Å². The molecule has 0 saturated carbocycles. The Morgan fingerprint density at radius 1 is 1.33 bits per heavy atom. The van der Waals surface area contributed by atoms with Crippen LogP contribution < -0.4 is 4.59 Å². The van der Waals surface area contributed by atoms with Crippen LogP contribution in [0.5, 0.6) is 0 Å². The minimum Gasteiger partial charge on any atom is -0.332 e. The number of quaternary nitrogens is 1. The molecule has 1 saturated heterocycles. The number of rotatable bonds is 5. The molecule has 2 aliphatic heterocycles. The molecule has 0 bridgehead atoms. The van der Waals surface area contributed by atoms with E-state index in [0.717, 1.165) is 26.8 Å². The van der Waals surface area contributed by atoms with Crippen LogP contribution in [-0.2, 0) is 15.0 Å². The van der Waals surface area contributed by atoms with Crippen molar-refractivity contribution in [2.24, 2.45) is 11.0 Å². The number of likely N-dealkylation sites (N-methyl/N-ethyl adjacent to an activating group) is 1. The molecule has 0 amide bonds. The summed E-state index contributed by atoms with van der Waals surface area (Å²) in [5.41, 5.74) is 3.79. The molecule has 0 spiro atoms. The van der Waals surface area contributed by atoms with Gasteiger partial charge in [0.15, 0.2) is 11.4 Å². The third-order valence-corrected chi connectivity index (χ3v) is 7.07. The van der Waals surface area contributed by atoms with E-state index < -0.39 is 10.3 Å². The Morgan fingerprint density at radius 2 is 2.03 bits per heavy atom. The Morgan fingerprint density at radius 3 is 2.63 bits per heavy atom. The van der Waals surface area contributed by atoms with Gasteiger partial charge in [-0.3, -0.25) is 4.55 Å². The van der Waals surface area contributed by atoms with Gasteiger partial charge in [0, 0.05) is 50.4 Å². The molecule has 3 aliphatic rings. The first-order valence-corrected chi connectivity index (χ1v) is 11.1. The Balaban J connectivity index is 1.82. The third-order valence-electron chi connectivity index (χ3n) is 6.09. The molecule has 30 heavy (non-hydrogen) atoms. The predicted octanol–water partition coefficient (Wildman–Crippen LogP) is 1.99. The van der Waals surface area contributed by atoms with Gasteiger partial charge in [-0.05, 0) is 32.6 Å². The molecule has 10 heteroatoms. The van der Waals surface area contributed by atoms with Gasteiger partial charge < -0.3 is 9.64 Å². The van der Waals surface area contributed by atoms with E-state index >= 15 is 0 Å². The van der Waals surface area contributed by atoms with E-state index in [1.165, 1.54) is 12.1 Å². The van der Waals surface area contributed by atoms with Gasteiger partial charge in [0.25, 0.3) is 0 Å². The number of hydrogen-bond acceptors (Lipinski definition) is 5. The van der Waals surface area contributed by atoms with Crippen molar-refractivity contribution >= 4 is 22.2 Å². The van der Waals surface area contributed by atoms with Gasteiger partial charge in [-0.2, -0.15) is 12.7 Å². The minimum absolute atomic E-state index is 0.0642. The first-order chi connectivity index (χ1) is 14.2. The highest BCUT2D eigenvalue weighted by Crippen LogP contribution is 2.45. The van der Waals surface area contributed by atoms with Crippen molar-refractivity contribution in [3.05, 3.63) is 53.0 Å². The maximum absolute atomic E-state index is 13.6. The summed E-state index contributed by atoms with van der Waals surface area (Å²) in [6, 6.07) is 6.11. The Bertz CT molecular complexity index is 1040. The molecule has 1 aliphatic carbocycles. The number of hydrogen-bond donors (Lipinski definition) is 1. The van der Waals surface area contributed by atoms with Crippen LogP contribution in [0, 0.1) is 11.7 Å². The van der Waals surface area contributed by atoms with Gasteiger partial charge in [0.2, 0.25) is 6.73 Å². The quantitative estimate of drug-likeness (QED) is 0.563. The molecule has 1 aromatic rings. The van der Waals surface area contributed by atoms with E-state index in [-0.39, 0.29) is 42.2 Å². The molecule has 4 rings (SSSR count). The topological polar surface area (TPSA) is 82.4 Å². The summed E-state index contributed by atoms with van der Waals surface area (Å²) in [5, 5.41) is 4.80. The molecule has 3 unspecified atom stereocenters. The molecule has 0 radical (unpaired) electrons. The third kappa shape index (κ3) is 3.43. The SMILES string of the molecule is COC[N+]1(c2ccc(F)cc2)N=CC2=C1C=C1CCN(S(=O)(=O)O)CC1C2N(C)C. The van der Waals surface area contributed by atoms with E-state index in [2.05, 4.69) is 6.08 Å². The maximum Gasteiger partial charge on any atom is 0.335 e. The fraction of sp³-hybridized carbons (Fsp3) is 0.450. The van der Waals surface area contributed by atoms with Gasteiger partial charge in [-0.1, -0.05) is 10.7 Å². The van der Waals surface area contributed by atoms with Crippen molar-refractivity contribution in [3.8, 4) is 0 Å². The zero-order valence-electron chi connectivity index (χ0n) is 17.2. The van der Waals surface area contributed by atoms with Crippen molar-refractivity contribution in [2.75, 3.05) is 41.0 Å². The second-order valence-electron chi connectivity index (χ2n) is 8.07. The molecule has 1 aromatic carbocycles. The zero-order chi connectivity index (χ0) is 21.7. The van der Waals surface area contributed by atoms with Crippen LogP contribution in [0.4, 0.5) is 10.1 Å². The van der Waals surface area contributed by atoms with Gasteiger partial charge in [0.1, 0.15) is 5.82 Å². The van der Waals surface area contributed by atoms with Crippen LogP contribution in [-0.4, -0.2) is 75.5 Å². The Labute approximate surface area is 176 Å². The lowest BCUT2D eigenvalue weighted by molar-refractivity contribution is 0.0947. The van der Waals surface area contributed by atoms with Crippen molar-refractivity contribution in [1.29, 1.82) is 0 Å². The van der Waals surface area contributed by atoms with Gasteiger partial charge in [0.05, 0.1) is 11.8 Å². The van der Waals surface area contributed by atoms with Crippen LogP contribution in [0.25, 0.3) is 0 Å². The van der Waals surface area contributed by atoms with Crippen LogP contribution >= 0.6 is 0 Å². The van der Waals surface area contributed by atoms with Gasteiger partial charge >= 0.3 is 10.3 Å². The number of piperidine rings is 1. The molecular formula is C20H26FN4O4S+. The normalized spacial score (nSPS) is 29.2. The summed E-state index contributed by atoms with van der Waals surface area (Å²) in [5.74, 6) is -0.422.